The second kappa shape index (κ2) is 7.99. The van der Waals surface area contributed by atoms with Crippen molar-refractivity contribution in [1.29, 1.82) is 0 Å². The number of ether oxygens (including phenoxy) is 1. The molecule has 1 atom stereocenters. The van der Waals surface area contributed by atoms with E-state index in [0.717, 1.165) is 30.8 Å². The Balaban J connectivity index is 1.60. The summed E-state index contributed by atoms with van der Waals surface area (Å²) in [5.74, 6) is -0.118. The standard InChI is InChI=1S/C22H28N4O3/c1-3-26-17(2)19(15-23-26)20(27)24-13-14-29-22(16-24)11-7-8-12-25(21(22)28)18-9-5-4-6-10-18/h4-6,9-10,15H,3,7-8,11-14,16H2,1-2H3. The van der Waals surface area contributed by atoms with Crippen LogP contribution in [0, 0.1) is 6.92 Å². The van der Waals surface area contributed by atoms with Crippen molar-refractivity contribution in [2.75, 3.05) is 31.1 Å². The summed E-state index contributed by atoms with van der Waals surface area (Å²) >= 11 is 0. The Morgan fingerprint density at radius 3 is 2.72 bits per heavy atom. The minimum Gasteiger partial charge on any atom is -0.361 e. The highest BCUT2D eigenvalue weighted by molar-refractivity contribution is 6.01. The molecule has 0 aliphatic carbocycles. The van der Waals surface area contributed by atoms with Gasteiger partial charge >= 0.3 is 0 Å². The number of aryl methyl sites for hydroxylation is 1. The third kappa shape index (κ3) is 3.55. The van der Waals surface area contributed by atoms with Crippen molar-refractivity contribution < 1.29 is 14.3 Å². The minimum absolute atomic E-state index is 0.0420. The quantitative estimate of drug-likeness (QED) is 0.800. The summed E-state index contributed by atoms with van der Waals surface area (Å²) in [6.07, 6.45) is 4.08. The van der Waals surface area contributed by atoms with Crippen molar-refractivity contribution in [2.45, 2.75) is 45.3 Å². The van der Waals surface area contributed by atoms with Gasteiger partial charge in [0.2, 0.25) is 0 Å². The minimum atomic E-state index is -0.977. The fourth-order valence-corrected chi connectivity index (χ4v) is 4.37. The zero-order valence-electron chi connectivity index (χ0n) is 17.1. The van der Waals surface area contributed by atoms with Crippen LogP contribution in [-0.2, 0) is 16.1 Å². The summed E-state index contributed by atoms with van der Waals surface area (Å²) in [7, 11) is 0. The van der Waals surface area contributed by atoms with E-state index in [9.17, 15) is 9.59 Å². The third-order valence-electron chi connectivity index (χ3n) is 6.02. The highest BCUT2D eigenvalue weighted by atomic mass is 16.5. The van der Waals surface area contributed by atoms with Crippen LogP contribution in [0.3, 0.4) is 0 Å². The first-order chi connectivity index (χ1) is 14.1. The predicted molar refractivity (Wildman–Crippen MR) is 110 cm³/mol. The molecule has 4 rings (SSSR count). The van der Waals surface area contributed by atoms with Gasteiger partial charge in [0.05, 0.1) is 24.9 Å². The monoisotopic (exact) mass is 396 g/mol. The van der Waals surface area contributed by atoms with Crippen molar-refractivity contribution in [3.63, 3.8) is 0 Å². The molecule has 2 aliphatic rings. The van der Waals surface area contributed by atoms with Crippen LogP contribution >= 0.6 is 0 Å². The average Bonchev–Trinajstić information content (AvgIpc) is 3.06. The lowest BCUT2D eigenvalue weighted by Gasteiger charge is -2.42. The van der Waals surface area contributed by atoms with E-state index in [1.807, 2.05) is 53.8 Å². The number of para-hydroxylation sites is 1. The van der Waals surface area contributed by atoms with Crippen molar-refractivity contribution >= 4 is 17.5 Å². The lowest BCUT2D eigenvalue weighted by atomic mass is 9.93. The summed E-state index contributed by atoms with van der Waals surface area (Å²) in [5, 5.41) is 4.30. The highest BCUT2D eigenvalue weighted by Gasteiger charge is 2.48. The second-order valence-corrected chi connectivity index (χ2v) is 7.78. The SMILES string of the molecule is CCn1ncc(C(=O)N2CCOC3(CCCCN(c4ccccc4)C3=O)C2)c1C. The molecule has 2 aromatic rings. The summed E-state index contributed by atoms with van der Waals surface area (Å²) in [4.78, 5) is 30.4. The topological polar surface area (TPSA) is 67.7 Å². The molecule has 2 fully saturated rings. The molecular weight excluding hydrogens is 368 g/mol. The number of amides is 2. The van der Waals surface area contributed by atoms with Crippen LogP contribution < -0.4 is 4.90 Å². The van der Waals surface area contributed by atoms with E-state index in [-0.39, 0.29) is 18.4 Å². The van der Waals surface area contributed by atoms with Gasteiger partial charge in [-0.25, -0.2) is 0 Å². The molecule has 0 bridgehead atoms. The fourth-order valence-electron chi connectivity index (χ4n) is 4.37. The number of hydrogen-bond acceptors (Lipinski definition) is 4. The number of carbonyl (C=O) groups is 2. The lowest BCUT2D eigenvalue weighted by molar-refractivity contribution is -0.155. The zero-order valence-corrected chi connectivity index (χ0v) is 17.1. The van der Waals surface area contributed by atoms with Gasteiger partial charge in [0, 0.05) is 31.0 Å². The van der Waals surface area contributed by atoms with Crippen molar-refractivity contribution in [3.05, 3.63) is 47.8 Å². The molecule has 0 radical (unpaired) electrons. The van der Waals surface area contributed by atoms with Gasteiger partial charge in [-0.05, 0) is 45.2 Å². The van der Waals surface area contributed by atoms with E-state index in [1.54, 1.807) is 11.1 Å². The van der Waals surface area contributed by atoms with Gasteiger partial charge in [0.15, 0.2) is 5.60 Å². The maximum atomic E-state index is 13.6. The molecule has 0 saturated carbocycles. The molecule has 2 amide bonds. The van der Waals surface area contributed by atoms with Gasteiger partial charge in [-0.2, -0.15) is 5.10 Å². The molecule has 1 unspecified atom stereocenters. The zero-order chi connectivity index (χ0) is 20.4. The van der Waals surface area contributed by atoms with E-state index in [0.29, 0.717) is 31.7 Å². The lowest BCUT2D eigenvalue weighted by Crippen LogP contribution is -2.61. The molecule has 3 heterocycles. The maximum Gasteiger partial charge on any atom is 0.261 e. The fraction of sp³-hybridized carbons (Fsp3) is 0.500. The molecule has 154 valence electrons. The van der Waals surface area contributed by atoms with Gasteiger partial charge in [-0.3, -0.25) is 14.3 Å². The van der Waals surface area contributed by atoms with Crippen LogP contribution in [0.5, 0.6) is 0 Å². The van der Waals surface area contributed by atoms with Crippen molar-refractivity contribution in [1.82, 2.24) is 14.7 Å². The Hall–Kier alpha value is -2.67. The number of benzene rings is 1. The molecule has 1 aromatic carbocycles. The van der Waals surface area contributed by atoms with E-state index in [2.05, 4.69) is 5.10 Å². The van der Waals surface area contributed by atoms with Crippen LogP contribution in [0.4, 0.5) is 5.69 Å². The summed E-state index contributed by atoms with van der Waals surface area (Å²) in [6, 6.07) is 9.71. The Kier molecular flexibility index (Phi) is 5.41. The molecule has 7 nitrogen and oxygen atoms in total. The van der Waals surface area contributed by atoms with E-state index >= 15 is 0 Å². The Morgan fingerprint density at radius 1 is 1.21 bits per heavy atom. The van der Waals surface area contributed by atoms with Crippen LogP contribution in [0.2, 0.25) is 0 Å². The van der Waals surface area contributed by atoms with Gasteiger partial charge in [0.1, 0.15) is 0 Å². The second-order valence-electron chi connectivity index (χ2n) is 7.78. The van der Waals surface area contributed by atoms with Crippen molar-refractivity contribution in [3.8, 4) is 0 Å². The number of nitrogens with zero attached hydrogens (tertiary/aromatic N) is 4. The van der Waals surface area contributed by atoms with E-state index in [1.165, 1.54) is 0 Å². The summed E-state index contributed by atoms with van der Waals surface area (Å²) in [5.41, 5.74) is 1.36. The maximum absolute atomic E-state index is 13.6. The van der Waals surface area contributed by atoms with Crippen LogP contribution in [0.25, 0.3) is 0 Å². The van der Waals surface area contributed by atoms with Gasteiger partial charge < -0.3 is 14.5 Å². The van der Waals surface area contributed by atoms with Crippen molar-refractivity contribution in [2.24, 2.45) is 0 Å². The largest absolute Gasteiger partial charge is 0.361 e. The first-order valence-electron chi connectivity index (χ1n) is 10.4. The third-order valence-corrected chi connectivity index (χ3v) is 6.02. The molecule has 1 aromatic heterocycles. The smallest absolute Gasteiger partial charge is 0.261 e. The molecule has 2 aliphatic heterocycles. The first-order valence-corrected chi connectivity index (χ1v) is 10.4. The molecule has 29 heavy (non-hydrogen) atoms. The Bertz CT molecular complexity index is 895. The first kappa shape index (κ1) is 19.6. The van der Waals surface area contributed by atoms with Gasteiger partial charge in [-0.1, -0.05) is 18.2 Å². The predicted octanol–water partition coefficient (Wildman–Crippen LogP) is 2.64. The number of rotatable bonds is 3. The highest BCUT2D eigenvalue weighted by Crippen LogP contribution is 2.33. The number of aromatic nitrogens is 2. The van der Waals surface area contributed by atoms with E-state index in [4.69, 9.17) is 4.74 Å². The number of carbonyl (C=O) groups excluding carboxylic acids is 2. The van der Waals surface area contributed by atoms with Gasteiger partial charge in [0.25, 0.3) is 11.8 Å². The number of morpholine rings is 1. The molecule has 1 spiro atoms. The normalized spacial score (nSPS) is 22.8. The number of hydrogen-bond donors (Lipinski definition) is 0. The average molecular weight is 396 g/mol. The Labute approximate surface area is 171 Å². The molecule has 0 N–H and O–H groups in total. The Morgan fingerprint density at radius 2 is 2.00 bits per heavy atom. The summed E-state index contributed by atoms with van der Waals surface area (Å²) < 4.78 is 7.93. The number of anilines is 1. The molecule has 7 heteroatoms. The molecule has 2 saturated heterocycles. The molecular formula is C22H28N4O3. The van der Waals surface area contributed by atoms with E-state index < -0.39 is 5.60 Å². The van der Waals surface area contributed by atoms with Crippen LogP contribution in [0.15, 0.2) is 36.5 Å². The van der Waals surface area contributed by atoms with Crippen LogP contribution in [-0.4, -0.2) is 58.3 Å². The van der Waals surface area contributed by atoms with Gasteiger partial charge in [-0.15, -0.1) is 0 Å². The van der Waals surface area contributed by atoms with Crippen LogP contribution in [0.1, 0.15) is 42.2 Å². The summed E-state index contributed by atoms with van der Waals surface area (Å²) in [6.45, 7) is 6.43.